The van der Waals surface area contributed by atoms with Crippen molar-refractivity contribution < 1.29 is 32.2 Å². The lowest BCUT2D eigenvalue weighted by Crippen LogP contribution is -2.60. The lowest BCUT2D eigenvalue weighted by molar-refractivity contribution is -0.126. The first-order chi connectivity index (χ1) is 17.0. The third kappa shape index (κ3) is 6.31. The molecule has 4 atom stereocenters. The van der Waals surface area contributed by atoms with Gasteiger partial charge in [0, 0.05) is 50.6 Å². The molecule has 2 fully saturated rings. The second-order valence-corrected chi connectivity index (χ2v) is 10.4. The summed E-state index contributed by atoms with van der Waals surface area (Å²) in [5, 5.41) is 15.3. The fourth-order valence-corrected chi connectivity index (χ4v) is 6.36. The van der Waals surface area contributed by atoms with Crippen molar-refractivity contribution in [2.75, 3.05) is 33.9 Å². The minimum absolute atomic E-state index is 0.123. The molecule has 2 unspecified atom stereocenters. The van der Waals surface area contributed by atoms with Crippen LogP contribution in [0.5, 0.6) is 0 Å². The fraction of sp³-hybridized carbons (Fsp3) is 0.731. The molecule has 204 valence electrons. The molecule has 0 radical (unpaired) electrons. The molecule has 1 aromatic rings. The number of likely N-dealkylation sites (tertiary alicyclic amines) is 1. The van der Waals surface area contributed by atoms with Crippen LogP contribution in [-0.2, 0) is 10.3 Å². The van der Waals surface area contributed by atoms with Gasteiger partial charge < -0.3 is 25.8 Å². The van der Waals surface area contributed by atoms with Gasteiger partial charge in [0.2, 0.25) is 5.92 Å². The second kappa shape index (κ2) is 12.1. The van der Waals surface area contributed by atoms with Crippen LogP contribution in [0.1, 0.15) is 56.9 Å². The molecule has 2 amide bonds. The van der Waals surface area contributed by atoms with E-state index >= 15 is 4.39 Å². The molecular formula is C26H39F4N3O3. The Balaban J connectivity index is 2.03. The Morgan fingerprint density at radius 3 is 2.67 bits per heavy atom. The van der Waals surface area contributed by atoms with E-state index in [0.717, 1.165) is 6.07 Å². The molecule has 4 N–H and O–H groups in total. The number of benzene rings is 1. The normalized spacial score (nSPS) is 24.7. The third-order valence-corrected chi connectivity index (χ3v) is 7.92. The number of primary amides is 1. The van der Waals surface area contributed by atoms with Crippen molar-refractivity contribution in [3.8, 4) is 0 Å². The first-order valence-corrected chi connectivity index (χ1v) is 12.8. The van der Waals surface area contributed by atoms with E-state index < -0.39 is 41.1 Å². The van der Waals surface area contributed by atoms with Gasteiger partial charge in [-0.15, -0.1) is 0 Å². The predicted molar refractivity (Wildman–Crippen MR) is 128 cm³/mol. The zero-order valence-corrected chi connectivity index (χ0v) is 21.1. The van der Waals surface area contributed by atoms with Gasteiger partial charge in [-0.3, -0.25) is 0 Å². The number of nitrogens with one attached hydrogen (secondary N) is 1. The van der Waals surface area contributed by atoms with Crippen LogP contribution >= 0.6 is 0 Å². The molecule has 1 heterocycles. The summed E-state index contributed by atoms with van der Waals surface area (Å²) in [4.78, 5) is 14.0. The number of nitrogens with zero attached hydrogens (tertiary/aromatic N) is 1. The molecule has 1 saturated heterocycles. The van der Waals surface area contributed by atoms with Gasteiger partial charge in [0.05, 0.1) is 5.60 Å². The van der Waals surface area contributed by atoms with E-state index in [9.17, 15) is 23.1 Å². The van der Waals surface area contributed by atoms with Crippen LogP contribution < -0.4 is 11.1 Å². The first-order valence-electron chi connectivity index (χ1n) is 12.8. The van der Waals surface area contributed by atoms with Crippen molar-refractivity contribution in [1.82, 2.24) is 10.2 Å². The number of rotatable bonds is 12. The number of urea groups is 1. The molecule has 6 nitrogen and oxygen atoms in total. The van der Waals surface area contributed by atoms with Crippen molar-refractivity contribution >= 4 is 6.03 Å². The largest absolute Gasteiger partial charge is 0.385 e. The number of ether oxygens (including phenoxy) is 1. The quantitative estimate of drug-likeness (QED) is 0.283. The van der Waals surface area contributed by atoms with Crippen LogP contribution in [0.15, 0.2) is 18.2 Å². The average molecular weight is 518 g/mol. The molecule has 1 aliphatic heterocycles. The number of piperidine rings is 1. The highest BCUT2D eigenvalue weighted by atomic mass is 19.3. The smallest absolute Gasteiger partial charge is 0.315 e. The summed E-state index contributed by atoms with van der Waals surface area (Å²) < 4.78 is 61.8. The molecule has 0 spiro atoms. The number of amides is 2. The summed E-state index contributed by atoms with van der Waals surface area (Å²) in [6.45, 7) is 1.20. The summed E-state index contributed by atoms with van der Waals surface area (Å²) in [6.07, 6.45) is 2.14. The van der Waals surface area contributed by atoms with Crippen molar-refractivity contribution in [3.05, 3.63) is 35.4 Å². The van der Waals surface area contributed by atoms with Crippen LogP contribution in [0.4, 0.5) is 22.4 Å². The maximum Gasteiger partial charge on any atom is 0.315 e. The van der Waals surface area contributed by atoms with Gasteiger partial charge in [-0.05, 0) is 70.0 Å². The Hall–Kier alpha value is -1.91. The topological polar surface area (TPSA) is 87.8 Å². The lowest BCUT2D eigenvalue weighted by Gasteiger charge is -2.52. The summed E-state index contributed by atoms with van der Waals surface area (Å²) >= 11 is 0. The third-order valence-electron chi connectivity index (χ3n) is 7.92. The number of carbonyl (C=O) groups is 1. The molecule has 10 heteroatoms. The number of halogens is 4. The molecule has 36 heavy (non-hydrogen) atoms. The minimum atomic E-state index is -2.68. The first kappa shape index (κ1) is 28.7. The van der Waals surface area contributed by atoms with E-state index in [1.807, 2.05) is 0 Å². The van der Waals surface area contributed by atoms with Crippen LogP contribution in [0.25, 0.3) is 0 Å². The van der Waals surface area contributed by atoms with Gasteiger partial charge in [0.25, 0.3) is 0 Å². The number of alkyl halides is 2. The number of hydrogen-bond donors (Lipinski definition) is 3. The Bertz CT molecular complexity index is 882. The Morgan fingerprint density at radius 2 is 2.06 bits per heavy atom. The number of methoxy groups -OCH3 is 1. The second-order valence-electron chi connectivity index (χ2n) is 10.4. The summed E-state index contributed by atoms with van der Waals surface area (Å²) in [5.41, 5.74) is 3.81. The fourth-order valence-electron chi connectivity index (χ4n) is 6.36. The van der Waals surface area contributed by atoms with E-state index in [1.54, 1.807) is 14.2 Å². The Morgan fingerprint density at radius 1 is 1.33 bits per heavy atom. The number of unbranched alkanes of at least 4 members (excludes halogenated alkanes) is 1. The van der Waals surface area contributed by atoms with Gasteiger partial charge >= 0.3 is 6.03 Å². The van der Waals surface area contributed by atoms with Gasteiger partial charge in [-0.2, -0.15) is 0 Å². The maximum absolute atomic E-state index is 15.2. The van der Waals surface area contributed by atoms with Crippen LogP contribution in [-0.4, -0.2) is 61.9 Å². The zero-order chi connectivity index (χ0) is 26.5. The van der Waals surface area contributed by atoms with E-state index in [0.29, 0.717) is 51.8 Å². The molecule has 1 aliphatic carbocycles. The number of nitrogens with two attached hydrogens (primary N) is 1. The van der Waals surface area contributed by atoms with Crippen molar-refractivity contribution in [3.63, 3.8) is 0 Å². The summed E-state index contributed by atoms with van der Waals surface area (Å²) in [5.74, 6) is -6.07. The van der Waals surface area contributed by atoms with Crippen molar-refractivity contribution in [2.24, 2.45) is 23.5 Å². The lowest BCUT2D eigenvalue weighted by atomic mass is 9.64. The molecule has 0 bridgehead atoms. The van der Waals surface area contributed by atoms with Crippen molar-refractivity contribution in [2.45, 2.75) is 68.9 Å². The van der Waals surface area contributed by atoms with Gasteiger partial charge in [-0.1, -0.05) is 12.1 Å². The molecule has 0 aromatic heterocycles. The number of carbonyl (C=O) groups excluding carboxylic acids is 1. The van der Waals surface area contributed by atoms with Crippen molar-refractivity contribution in [1.29, 1.82) is 0 Å². The molecule has 1 saturated carbocycles. The van der Waals surface area contributed by atoms with Gasteiger partial charge in [-0.25, -0.2) is 22.4 Å². The standard InChI is InChI=1S/C26H39F4N3O3/c1-32-16-18(13-17-14-25(29,30)15-17)23-20(8-6-11-33(23)24(31)34)26(35,10-3-4-12-36-2)19-7-5-9-21(27)22(19)28/h5,7,9,17-18,20,23,32,35H,3-4,6,8,10-16H2,1-2H3,(H2,31,34)/t18-,20?,23?,26+/m0/s1. The molecule has 1 aromatic carbocycles. The van der Waals surface area contributed by atoms with Crippen LogP contribution in [0.2, 0.25) is 0 Å². The highest BCUT2D eigenvalue weighted by Crippen LogP contribution is 2.50. The molecule has 3 rings (SSSR count). The van der Waals surface area contributed by atoms with Gasteiger partial charge in [0.1, 0.15) is 0 Å². The van der Waals surface area contributed by atoms with E-state index in [2.05, 4.69) is 5.32 Å². The summed E-state index contributed by atoms with van der Waals surface area (Å²) in [7, 11) is 3.30. The molecular weight excluding hydrogens is 478 g/mol. The molecule has 2 aliphatic rings. The summed E-state index contributed by atoms with van der Waals surface area (Å²) in [6, 6.07) is 2.44. The Labute approximate surface area is 210 Å². The minimum Gasteiger partial charge on any atom is -0.385 e. The monoisotopic (exact) mass is 517 g/mol. The Kier molecular flexibility index (Phi) is 9.62. The highest BCUT2D eigenvalue weighted by Gasteiger charge is 2.52. The van der Waals surface area contributed by atoms with Crippen LogP contribution in [0.3, 0.4) is 0 Å². The van der Waals surface area contributed by atoms with E-state index in [-0.39, 0.29) is 36.7 Å². The van der Waals surface area contributed by atoms with E-state index in [1.165, 1.54) is 17.0 Å². The number of aliphatic hydroxyl groups is 1. The van der Waals surface area contributed by atoms with E-state index in [4.69, 9.17) is 10.5 Å². The SMILES string of the molecule is CNC[C@H](CC1CC(F)(F)C1)C1C([C@@](O)(CCCCOC)c2cccc(F)c2F)CCCN1C(N)=O. The zero-order valence-electron chi connectivity index (χ0n) is 21.1. The van der Waals surface area contributed by atoms with Gasteiger partial charge in [0.15, 0.2) is 11.6 Å². The predicted octanol–water partition coefficient (Wildman–Crippen LogP) is 4.40. The average Bonchev–Trinajstić information content (AvgIpc) is 2.81. The van der Waals surface area contributed by atoms with Crippen LogP contribution in [0, 0.1) is 29.4 Å². The number of hydrogen-bond acceptors (Lipinski definition) is 4. The highest BCUT2D eigenvalue weighted by molar-refractivity contribution is 5.72. The maximum atomic E-state index is 15.2.